The topological polar surface area (TPSA) is 77.3 Å². The molecule has 0 bridgehead atoms. The number of ether oxygens (including phenoxy) is 1. The number of benzene rings is 1. The first-order valence-electron chi connectivity index (χ1n) is 8.86. The van der Waals surface area contributed by atoms with Crippen molar-refractivity contribution < 1.29 is 13.2 Å². The predicted molar refractivity (Wildman–Crippen MR) is 104 cm³/mol. The van der Waals surface area contributed by atoms with Crippen molar-refractivity contribution in [2.75, 3.05) is 26.0 Å². The van der Waals surface area contributed by atoms with Gasteiger partial charge in [-0.1, -0.05) is 12.1 Å². The van der Waals surface area contributed by atoms with E-state index in [-0.39, 0.29) is 6.10 Å². The zero-order chi connectivity index (χ0) is 19.0. The van der Waals surface area contributed by atoms with Crippen LogP contribution < -0.4 is 0 Å². The Hall–Kier alpha value is -2.29. The van der Waals surface area contributed by atoms with Crippen molar-refractivity contribution in [3.8, 4) is 11.4 Å². The number of sulfonamides is 1. The highest BCUT2D eigenvalue weighted by atomic mass is 32.2. The Morgan fingerprint density at radius 3 is 2.89 bits per heavy atom. The Bertz CT molecular complexity index is 1080. The second-order valence-corrected chi connectivity index (χ2v) is 8.83. The van der Waals surface area contributed by atoms with E-state index in [2.05, 4.69) is 16.9 Å². The SMILES string of the molecule is Cc1ccc2ncccc2c1-c1nccn1CC1CN(S(C)(=O)=O)CCO1. The van der Waals surface area contributed by atoms with E-state index in [0.717, 1.165) is 27.9 Å². The lowest BCUT2D eigenvalue weighted by Gasteiger charge is -2.31. The minimum atomic E-state index is -3.22. The van der Waals surface area contributed by atoms with Gasteiger partial charge in [-0.05, 0) is 24.6 Å². The van der Waals surface area contributed by atoms with Gasteiger partial charge in [0.2, 0.25) is 10.0 Å². The van der Waals surface area contributed by atoms with Gasteiger partial charge in [-0.15, -0.1) is 0 Å². The Kier molecular flexibility index (Phi) is 4.71. The summed E-state index contributed by atoms with van der Waals surface area (Å²) in [4.78, 5) is 9.02. The number of imidazole rings is 1. The summed E-state index contributed by atoms with van der Waals surface area (Å²) in [6.07, 6.45) is 6.48. The summed E-state index contributed by atoms with van der Waals surface area (Å²) in [6.45, 7) is 3.76. The van der Waals surface area contributed by atoms with E-state index in [1.165, 1.54) is 10.6 Å². The number of pyridine rings is 1. The summed E-state index contributed by atoms with van der Waals surface area (Å²) in [5.74, 6) is 0.839. The quantitative estimate of drug-likeness (QED) is 0.686. The van der Waals surface area contributed by atoms with Gasteiger partial charge in [0.05, 0.1) is 31.0 Å². The lowest BCUT2D eigenvalue weighted by Crippen LogP contribution is -2.46. The summed E-state index contributed by atoms with van der Waals surface area (Å²) in [5.41, 5.74) is 3.08. The second kappa shape index (κ2) is 7.03. The molecule has 0 N–H and O–H groups in total. The van der Waals surface area contributed by atoms with Crippen LogP contribution in [0.5, 0.6) is 0 Å². The number of fused-ring (bicyclic) bond motifs is 1. The van der Waals surface area contributed by atoms with Crippen molar-refractivity contribution in [1.82, 2.24) is 18.8 Å². The first-order chi connectivity index (χ1) is 12.9. The number of hydrogen-bond acceptors (Lipinski definition) is 5. The van der Waals surface area contributed by atoms with Gasteiger partial charge in [-0.25, -0.2) is 13.4 Å². The van der Waals surface area contributed by atoms with Crippen LogP contribution in [0.3, 0.4) is 0 Å². The van der Waals surface area contributed by atoms with Gasteiger partial charge in [0, 0.05) is 42.6 Å². The number of aryl methyl sites for hydroxylation is 1. The highest BCUT2D eigenvalue weighted by Crippen LogP contribution is 2.30. The fourth-order valence-electron chi connectivity index (χ4n) is 3.57. The van der Waals surface area contributed by atoms with Gasteiger partial charge < -0.3 is 9.30 Å². The van der Waals surface area contributed by atoms with Gasteiger partial charge >= 0.3 is 0 Å². The van der Waals surface area contributed by atoms with Crippen LogP contribution in [0.15, 0.2) is 42.9 Å². The minimum absolute atomic E-state index is 0.213. The normalized spacial score (nSPS) is 18.8. The molecule has 0 aliphatic carbocycles. The highest BCUT2D eigenvalue weighted by molar-refractivity contribution is 7.88. The van der Waals surface area contributed by atoms with Crippen LogP contribution in [0, 0.1) is 6.92 Å². The molecule has 7 nitrogen and oxygen atoms in total. The molecule has 1 fully saturated rings. The fraction of sp³-hybridized carbons (Fsp3) is 0.368. The van der Waals surface area contributed by atoms with Crippen molar-refractivity contribution in [2.24, 2.45) is 0 Å². The molecule has 1 unspecified atom stereocenters. The Labute approximate surface area is 158 Å². The van der Waals surface area contributed by atoms with Crippen molar-refractivity contribution in [2.45, 2.75) is 19.6 Å². The second-order valence-electron chi connectivity index (χ2n) is 6.84. The molecule has 0 spiro atoms. The molecule has 1 saturated heterocycles. The molecule has 0 amide bonds. The van der Waals surface area contributed by atoms with Gasteiger partial charge in [0.1, 0.15) is 5.82 Å². The van der Waals surface area contributed by atoms with Crippen molar-refractivity contribution >= 4 is 20.9 Å². The monoisotopic (exact) mass is 386 g/mol. The first kappa shape index (κ1) is 18.1. The van der Waals surface area contributed by atoms with Crippen LogP contribution in [0.25, 0.3) is 22.3 Å². The van der Waals surface area contributed by atoms with Crippen LogP contribution in [0.1, 0.15) is 5.56 Å². The Morgan fingerprint density at radius 1 is 1.22 bits per heavy atom. The smallest absolute Gasteiger partial charge is 0.211 e. The number of hydrogen-bond donors (Lipinski definition) is 0. The molecule has 27 heavy (non-hydrogen) atoms. The third kappa shape index (κ3) is 3.60. The van der Waals surface area contributed by atoms with Crippen molar-refractivity contribution in [3.63, 3.8) is 0 Å². The maximum atomic E-state index is 11.9. The van der Waals surface area contributed by atoms with Crippen LogP contribution >= 0.6 is 0 Å². The van der Waals surface area contributed by atoms with Gasteiger partial charge in [-0.3, -0.25) is 4.98 Å². The number of morpholine rings is 1. The van der Waals surface area contributed by atoms with Gasteiger partial charge in [0.15, 0.2) is 0 Å². The maximum Gasteiger partial charge on any atom is 0.211 e. The van der Waals surface area contributed by atoms with E-state index in [9.17, 15) is 8.42 Å². The van der Waals surface area contributed by atoms with Crippen LogP contribution in [0.4, 0.5) is 0 Å². The third-order valence-electron chi connectivity index (χ3n) is 4.90. The Morgan fingerprint density at radius 2 is 2.07 bits per heavy atom. The standard InChI is InChI=1S/C19H22N4O3S/c1-14-5-6-17-16(4-3-7-20-17)18(14)19-21-8-9-22(19)12-15-13-23(10-11-26-15)27(2,24)25/h3-9,15H,10-13H2,1-2H3. The molecule has 3 aromatic rings. The minimum Gasteiger partial charge on any atom is -0.374 e. The zero-order valence-electron chi connectivity index (χ0n) is 15.4. The molecule has 1 aromatic carbocycles. The number of nitrogens with zero attached hydrogens (tertiary/aromatic N) is 4. The highest BCUT2D eigenvalue weighted by Gasteiger charge is 2.27. The van der Waals surface area contributed by atoms with Crippen molar-refractivity contribution in [3.05, 3.63) is 48.4 Å². The largest absolute Gasteiger partial charge is 0.374 e. The predicted octanol–water partition coefficient (Wildman–Crippen LogP) is 2.07. The summed E-state index contributed by atoms with van der Waals surface area (Å²) in [7, 11) is -3.22. The van der Waals surface area contributed by atoms with Crippen LogP contribution in [-0.2, 0) is 21.3 Å². The van der Waals surface area contributed by atoms with E-state index in [4.69, 9.17) is 4.74 Å². The van der Waals surface area contributed by atoms with E-state index in [0.29, 0.717) is 26.2 Å². The van der Waals surface area contributed by atoms with Gasteiger partial charge in [0.25, 0.3) is 0 Å². The van der Waals surface area contributed by atoms with Crippen LogP contribution in [0.2, 0.25) is 0 Å². The summed E-state index contributed by atoms with van der Waals surface area (Å²) in [5, 5.41) is 1.05. The maximum absolute atomic E-state index is 11.9. The van der Waals surface area contributed by atoms with E-state index < -0.39 is 10.0 Å². The molecule has 1 aliphatic heterocycles. The molecule has 142 valence electrons. The molecule has 3 heterocycles. The summed E-state index contributed by atoms with van der Waals surface area (Å²) < 4.78 is 33.0. The molecule has 1 aliphatic rings. The lowest BCUT2D eigenvalue weighted by molar-refractivity contribution is -0.00978. The van der Waals surface area contributed by atoms with Gasteiger partial charge in [-0.2, -0.15) is 4.31 Å². The Balaban J connectivity index is 1.68. The van der Waals surface area contributed by atoms with Crippen LogP contribution in [-0.4, -0.2) is 59.3 Å². The molecule has 4 rings (SSSR count). The van der Waals surface area contributed by atoms with E-state index >= 15 is 0 Å². The molecular formula is C19H22N4O3S. The third-order valence-corrected chi connectivity index (χ3v) is 6.17. The molecular weight excluding hydrogens is 364 g/mol. The average molecular weight is 386 g/mol. The zero-order valence-corrected chi connectivity index (χ0v) is 16.2. The first-order valence-corrected chi connectivity index (χ1v) is 10.7. The number of aromatic nitrogens is 3. The molecule has 2 aromatic heterocycles. The number of rotatable bonds is 4. The average Bonchev–Trinajstić information content (AvgIpc) is 3.09. The van der Waals surface area contributed by atoms with Crippen molar-refractivity contribution in [1.29, 1.82) is 0 Å². The van der Waals surface area contributed by atoms with E-state index in [1.807, 2.05) is 35.0 Å². The molecule has 0 radical (unpaired) electrons. The summed E-state index contributed by atoms with van der Waals surface area (Å²) >= 11 is 0. The molecule has 8 heteroatoms. The lowest BCUT2D eigenvalue weighted by atomic mass is 10.0. The fourth-order valence-corrected chi connectivity index (χ4v) is 4.41. The molecule has 1 atom stereocenters. The van der Waals surface area contributed by atoms with E-state index in [1.54, 1.807) is 12.4 Å². The summed E-state index contributed by atoms with van der Waals surface area (Å²) in [6, 6.07) is 8.03. The molecule has 0 saturated carbocycles.